The van der Waals surface area contributed by atoms with Crippen LogP contribution in [0.2, 0.25) is 25.1 Å². The summed E-state index contributed by atoms with van der Waals surface area (Å²) in [5, 5.41) is 19.0. The molecule has 2 saturated carbocycles. The largest absolute Gasteiger partial charge is 0.367 e. The van der Waals surface area contributed by atoms with Crippen molar-refractivity contribution >= 4 is 110 Å². The van der Waals surface area contributed by atoms with E-state index in [0.717, 1.165) is 131 Å². The van der Waals surface area contributed by atoms with Crippen LogP contribution >= 0.6 is 58.0 Å². The van der Waals surface area contributed by atoms with E-state index in [9.17, 15) is 45.9 Å². The molecular weight excluding hydrogens is 1960 g/mol. The van der Waals surface area contributed by atoms with Crippen molar-refractivity contribution in [1.82, 2.24) is 72.7 Å². The van der Waals surface area contributed by atoms with Gasteiger partial charge in [-0.15, -0.1) is 0 Å². The van der Waals surface area contributed by atoms with Gasteiger partial charge in [0.2, 0.25) is 29.7 Å². The highest BCUT2D eigenvalue weighted by Crippen LogP contribution is 2.65. The van der Waals surface area contributed by atoms with Crippen LogP contribution in [0, 0.1) is 35.0 Å². The highest BCUT2D eigenvalue weighted by molar-refractivity contribution is 6.31. The smallest absolute Gasteiger partial charge is 0.352 e. The summed E-state index contributed by atoms with van der Waals surface area (Å²) < 4.78 is 73.0. The van der Waals surface area contributed by atoms with E-state index in [1.807, 2.05) is 121 Å². The van der Waals surface area contributed by atoms with Crippen molar-refractivity contribution in [2.75, 3.05) is 62.6 Å². The molecule has 0 spiro atoms. The zero-order chi connectivity index (χ0) is 101. The van der Waals surface area contributed by atoms with Gasteiger partial charge in [0, 0.05) is 97.6 Å². The third-order valence-electron chi connectivity index (χ3n) is 25.1. The van der Waals surface area contributed by atoms with E-state index in [-0.39, 0.29) is 81.6 Å². The number of hydrogen-bond acceptors (Lipinski definition) is 22. The van der Waals surface area contributed by atoms with E-state index in [1.165, 1.54) is 121 Å². The predicted octanol–water partition coefficient (Wildman–Crippen LogP) is 20.9. The molecule has 4 fully saturated rings. The van der Waals surface area contributed by atoms with E-state index in [4.69, 9.17) is 58.0 Å². The molecule has 5 aromatic heterocycles. The topological polar surface area (TPSA) is 306 Å². The minimum absolute atomic E-state index is 0.134. The highest BCUT2D eigenvalue weighted by Gasteiger charge is 2.62. The number of anilines is 9. The molecule has 0 bridgehead atoms. The average Bonchev–Trinajstić information content (AvgIpc) is 1.54. The molecule has 145 heavy (non-hydrogen) atoms. The van der Waals surface area contributed by atoms with Gasteiger partial charge in [0.15, 0.2) is 0 Å². The Bertz CT molecular complexity index is 7430. The Morgan fingerprint density at radius 2 is 0.621 bits per heavy atom. The lowest BCUT2D eigenvalue weighted by atomic mass is 9.93. The molecule has 21 rings (SSSR count). The predicted molar refractivity (Wildman–Crippen MR) is 558 cm³/mol. The third kappa shape index (κ3) is 27.6. The minimum Gasteiger partial charge on any atom is -0.367 e. The van der Waals surface area contributed by atoms with E-state index in [1.54, 1.807) is 109 Å². The van der Waals surface area contributed by atoms with Crippen molar-refractivity contribution in [2.24, 2.45) is 5.92 Å². The fraction of sp³-hybridized carbons (Fsp3) is 0.194. The standard InChI is InChI=1S/C22H20ClFN4O.2C22H16ClFN4O.2C21H21ClFN5O/c23-16-5-1-14(2-6-16)12-28-13-25-20(27-21(28)29)26-19-9-10-22(11-18(19)22)15-3-7-17(24)8-4-15;23-18-7-1-15(2-8-18)13-28-14-25-21(27-22(28)29)26-20-11-5-17(6-12-20)16-3-9-19(24)10-4-16;23-18-8-4-15(5-9-18)13-28-14-25-21(27-22(28)29)26-20-3-1-2-17(12-20)16-6-10-19(24)11-7-16;2*22-16-5-3-15(4-6-16)13-27-14-25-20(26-21(27)29)24-12-19-2-1-11-28(19)18-9-7-17(23)8-10-18/h1-8,13,18-19H,9-12H2,(H,26,27,29);2*1-12,14H,13H2,(H,26,27,29);2*3-10,14,19H,1-2,11-13H2,(H,24,26,29)/t;;;2*19-/m...10/s1. The van der Waals surface area contributed by atoms with Crippen molar-refractivity contribution < 1.29 is 22.0 Å². The molecule has 0 amide bonds. The van der Waals surface area contributed by atoms with Crippen LogP contribution in [0.1, 0.15) is 78.3 Å². The summed E-state index contributed by atoms with van der Waals surface area (Å²) in [6.45, 7) is 4.95. The lowest BCUT2D eigenvalue weighted by Gasteiger charge is -2.27. The number of aromatic nitrogens is 15. The van der Waals surface area contributed by atoms with E-state index < -0.39 is 11.4 Å². The Morgan fingerprint density at radius 1 is 0.317 bits per heavy atom. The second-order valence-corrected chi connectivity index (χ2v) is 37.1. The van der Waals surface area contributed by atoms with Crippen molar-refractivity contribution in [1.29, 1.82) is 0 Å². The second-order valence-electron chi connectivity index (χ2n) is 35.0. The van der Waals surface area contributed by atoms with Gasteiger partial charge in [0.05, 0.1) is 32.7 Å². The van der Waals surface area contributed by atoms with Gasteiger partial charge in [-0.05, 0) is 276 Å². The van der Waals surface area contributed by atoms with E-state index in [2.05, 4.69) is 86.2 Å². The maximum absolute atomic E-state index is 13.2. The van der Waals surface area contributed by atoms with Crippen molar-refractivity contribution in [3.05, 3.63) is 463 Å². The molecule has 736 valence electrons. The first-order valence-electron chi connectivity index (χ1n) is 46.5. The van der Waals surface area contributed by atoms with Crippen molar-refractivity contribution in [3.8, 4) is 22.3 Å². The number of rotatable bonds is 27. The molecule has 4 aliphatic rings. The molecule has 2 aliphatic carbocycles. The maximum atomic E-state index is 13.2. The monoisotopic (exact) mass is 2050 g/mol. The maximum Gasteiger partial charge on any atom is 0.352 e. The molecule has 12 aromatic carbocycles. The van der Waals surface area contributed by atoms with Crippen LogP contribution in [0.5, 0.6) is 0 Å². The Hall–Kier alpha value is -15.6. The van der Waals surface area contributed by atoms with E-state index >= 15 is 0 Å². The van der Waals surface area contributed by atoms with Crippen LogP contribution in [-0.4, -0.2) is 117 Å². The number of hydrogen-bond donors (Lipinski definition) is 5. The zero-order valence-corrected chi connectivity index (χ0v) is 81.4. The lowest BCUT2D eigenvalue weighted by molar-refractivity contribution is 0.618. The van der Waals surface area contributed by atoms with Crippen LogP contribution in [-0.2, 0) is 38.1 Å². The van der Waals surface area contributed by atoms with Gasteiger partial charge in [-0.25, -0.2) is 70.8 Å². The fourth-order valence-corrected chi connectivity index (χ4v) is 18.1. The molecule has 5 atom stereocenters. The van der Waals surface area contributed by atoms with Gasteiger partial charge in [-0.2, -0.15) is 24.9 Å². The molecule has 7 heterocycles. The van der Waals surface area contributed by atoms with Crippen molar-refractivity contribution in [3.63, 3.8) is 0 Å². The van der Waals surface area contributed by atoms with Crippen LogP contribution < -0.4 is 64.8 Å². The molecule has 0 radical (unpaired) electrons. The zero-order valence-electron chi connectivity index (χ0n) is 77.6. The summed E-state index contributed by atoms with van der Waals surface area (Å²) in [6.07, 6.45) is 14.7. The second kappa shape index (κ2) is 47.5. The van der Waals surface area contributed by atoms with Gasteiger partial charge < -0.3 is 36.4 Å². The molecule has 17 aromatic rings. The van der Waals surface area contributed by atoms with E-state index in [0.29, 0.717) is 94.7 Å². The normalized spacial score (nSPS) is 15.7. The number of nitrogens with one attached hydrogen (secondary N) is 5. The molecular formula is C108H94Cl5F5N22O5. The summed E-state index contributed by atoms with van der Waals surface area (Å²) in [6, 6.07) is 84.6. The van der Waals surface area contributed by atoms with Gasteiger partial charge in [-0.3, -0.25) is 22.8 Å². The summed E-state index contributed by atoms with van der Waals surface area (Å²) >= 11 is 29.4. The SMILES string of the molecule is O=c1nc(NC2CCC3(c4ccc(F)cc4)CC23)ncn1Cc1ccc(Cl)cc1.O=c1nc(NC[C@@H]2CCCN2c2ccc(F)cc2)ncn1Cc1ccc(Cl)cc1.O=c1nc(NC[C@H]2CCCN2c2ccc(F)cc2)ncn1Cc1ccc(Cl)cc1.O=c1nc(Nc2ccc(-c3ccc(F)cc3)cc2)ncn1Cc1ccc(Cl)cc1.O=c1nc(Nc2cccc(-c3ccc(F)cc3)c2)ncn1Cc1ccc(Cl)cc1. The average molecular weight is 2050 g/mol. The van der Waals surface area contributed by atoms with Gasteiger partial charge >= 0.3 is 28.4 Å². The number of benzene rings is 12. The van der Waals surface area contributed by atoms with Crippen LogP contribution in [0.4, 0.5) is 74.4 Å². The molecule has 3 unspecified atom stereocenters. The quantitative estimate of drug-likeness (QED) is 0.0299. The molecule has 2 saturated heterocycles. The Kier molecular flexibility index (Phi) is 33.1. The Balaban J connectivity index is 0.000000124. The molecule has 5 N–H and O–H groups in total. The summed E-state index contributed by atoms with van der Waals surface area (Å²) in [7, 11) is 0. The summed E-state index contributed by atoms with van der Waals surface area (Å²) in [5.74, 6) is 0.651. The molecule has 2 aliphatic heterocycles. The van der Waals surface area contributed by atoms with Gasteiger partial charge in [0.25, 0.3) is 0 Å². The van der Waals surface area contributed by atoms with Crippen molar-refractivity contribution in [2.45, 2.75) is 101 Å². The summed E-state index contributed by atoms with van der Waals surface area (Å²) in [4.78, 5) is 108. The molecule has 27 nitrogen and oxygen atoms in total. The first kappa shape index (κ1) is 101. The fourth-order valence-electron chi connectivity index (χ4n) is 17.5. The minimum atomic E-state index is -0.410. The van der Waals surface area contributed by atoms with Gasteiger partial charge in [0.1, 0.15) is 60.7 Å². The number of nitrogens with zero attached hydrogens (tertiary/aromatic N) is 17. The third-order valence-corrected chi connectivity index (χ3v) is 26.4. The summed E-state index contributed by atoms with van der Waals surface area (Å²) in [5.41, 5.74) is 11.3. The molecule has 37 heteroatoms. The first-order valence-corrected chi connectivity index (χ1v) is 48.4. The Labute approximate surface area is 854 Å². The van der Waals surface area contributed by atoms with Gasteiger partial charge in [-0.1, -0.05) is 179 Å². The van der Waals surface area contributed by atoms with Crippen LogP contribution in [0.25, 0.3) is 22.3 Å². The highest BCUT2D eigenvalue weighted by atomic mass is 35.5. The first-order chi connectivity index (χ1) is 70.3. The number of halogens is 10. The van der Waals surface area contributed by atoms with Crippen LogP contribution in [0.15, 0.2) is 347 Å². The lowest BCUT2D eigenvalue weighted by Crippen LogP contribution is -2.35. The number of fused-ring (bicyclic) bond motifs is 1. The van der Waals surface area contributed by atoms with Crippen LogP contribution in [0.3, 0.4) is 0 Å². The Morgan fingerprint density at radius 3 is 0.972 bits per heavy atom.